The van der Waals surface area contributed by atoms with Crippen molar-refractivity contribution in [1.29, 1.82) is 0 Å². The third kappa shape index (κ3) is 6.29. The maximum absolute atomic E-state index is 12.2. The third-order valence-electron chi connectivity index (χ3n) is 3.03. The standard InChI is InChI=1S/C16H23NO4/c1-12(2)10-17(11-16(19)20)15(18)8-7-13-5-4-6-14(9-13)21-3/h4-6,9,12H,7-8,10-11H2,1-3H3,(H,19,20). The molecule has 1 aromatic carbocycles. The van der Waals surface area contributed by atoms with Crippen molar-refractivity contribution in [1.82, 2.24) is 4.90 Å². The zero-order valence-electron chi connectivity index (χ0n) is 12.8. The van der Waals surface area contributed by atoms with Crippen molar-refractivity contribution < 1.29 is 19.4 Å². The number of carbonyl (C=O) groups is 2. The minimum atomic E-state index is -0.981. The summed E-state index contributed by atoms with van der Waals surface area (Å²) in [7, 11) is 1.60. The molecule has 0 fully saturated rings. The molecule has 0 atom stereocenters. The van der Waals surface area contributed by atoms with E-state index in [2.05, 4.69) is 0 Å². The van der Waals surface area contributed by atoms with Gasteiger partial charge < -0.3 is 14.7 Å². The Bertz CT molecular complexity index is 485. The molecule has 1 amide bonds. The van der Waals surface area contributed by atoms with Gasteiger partial charge in [-0.3, -0.25) is 9.59 Å². The summed E-state index contributed by atoms with van der Waals surface area (Å²) in [6.07, 6.45) is 0.872. The van der Waals surface area contributed by atoms with E-state index in [-0.39, 0.29) is 18.4 Å². The highest BCUT2D eigenvalue weighted by molar-refractivity contribution is 5.81. The van der Waals surface area contributed by atoms with E-state index in [4.69, 9.17) is 9.84 Å². The highest BCUT2D eigenvalue weighted by Crippen LogP contribution is 2.14. The van der Waals surface area contributed by atoms with Crippen LogP contribution in [-0.2, 0) is 16.0 Å². The van der Waals surface area contributed by atoms with Crippen molar-refractivity contribution >= 4 is 11.9 Å². The first-order chi connectivity index (χ1) is 9.92. The quantitative estimate of drug-likeness (QED) is 0.798. The Kier molecular flexibility index (Phi) is 6.72. The van der Waals surface area contributed by atoms with Gasteiger partial charge in [0.2, 0.25) is 5.91 Å². The van der Waals surface area contributed by atoms with Gasteiger partial charge >= 0.3 is 5.97 Å². The highest BCUT2D eigenvalue weighted by Gasteiger charge is 2.17. The molecule has 0 unspecified atom stereocenters. The van der Waals surface area contributed by atoms with Gasteiger partial charge in [-0.05, 0) is 30.0 Å². The van der Waals surface area contributed by atoms with Gasteiger partial charge in [-0.15, -0.1) is 0 Å². The lowest BCUT2D eigenvalue weighted by atomic mass is 10.1. The maximum atomic E-state index is 12.2. The number of carbonyl (C=O) groups excluding carboxylic acids is 1. The molecule has 0 aromatic heterocycles. The van der Waals surface area contributed by atoms with Crippen LogP contribution in [0.5, 0.6) is 5.75 Å². The Labute approximate surface area is 125 Å². The minimum Gasteiger partial charge on any atom is -0.497 e. The molecule has 5 heteroatoms. The molecule has 0 aliphatic carbocycles. The van der Waals surface area contributed by atoms with Gasteiger partial charge in [-0.2, -0.15) is 0 Å². The van der Waals surface area contributed by atoms with Crippen LogP contribution in [0.1, 0.15) is 25.8 Å². The number of carboxylic acids is 1. The van der Waals surface area contributed by atoms with Gasteiger partial charge in [0.15, 0.2) is 0 Å². The summed E-state index contributed by atoms with van der Waals surface area (Å²) in [4.78, 5) is 24.4. The van der Waals surface area contributed by atoms with Crippen LogP contribution >= 0.6 is 0 Å². The van der Waals surface area contributed by atoms with Crippen LogP contribution < -0.4 is 4.74 Å². The van der Waals surface area contributed by atoms with Crippen LogP contribution in [0.25, 0.3) is 0 Å². The van der Waals surface area contributed by atoms with Crippen LogP contribution in [0.3, 0.4) is 0 Å². The summed E-state index contributed by atoms with van der Waals surface area (Å²) in [5.41, 5.74) is 1.00. The summed E-state index contributed by atoms with van der Waals surface area (Å²) in [5, 5.41) is 8.89. The van der Waals surface area contributed by atoms with Gasteiger partial charge in [0.1, 0.15) is 12.3 Å². The molecule has 0 aliphatic heterocycles. The molecule has 0 saturated carbocycles. The van der Waals surface area contributed by atoms with Gasteiger partial charge in [-0.1, -0.05) is 26.0 Å². The molecule has 0 spiro atoms. The van der Waals surface area contributed by atoms with E-state index >= 15 is 0 Å². The second kappa shape index (κ2) is 8.29. The topological polar surface area (TPSA) is 66.8 Å². The smallest absolute Gasteiger partial charge is 0.323 e. The fourth-order valence-electron chi connectivity index (χ4n) is 2.10. The number of rotatable bonds is 8. The Morgan fingerprint density at radius 3 is 2.62 bits per heavy atom. The average Bonchev–Trinajstić information content (AvgIpc) is 2.43. The predicted molar refractivity (Wildman–Crippen MR) is 80.4 cm³/mol. The van der Waals surface area contributed by atoms with Crippen molar-refractivity contribution in [3.8, 4) is 5.75 Å². The molecule has 0 radical (unpaired) electrons. The molecule has 21 heavy (non-hydrogen) atoms. The lowest BCUT2D eigenvalue weighted by Crippen LogP contribution is -2.38. The van der Waals surface area contributed by atoms with E-state index in [1.165, 1.54) is 4.90 Å². The fourth-order valence-corrected chi connectivity index (χ4v) is 2.10. The highest BCUT2D eigenvalue weighted by atomic mass is 16.5. The molecule has 0 heterocycles. The predicted octanol–water partition coefficient (Wildman–Crippen LogP) is 2.20. The molecule has 5 nitrogen and oxygen atoms in total. The van der Waals surface area contributed by atoms with Gasteiger partial charge in [0, 0.05) is 13.0 Å². The monoisotopic (exact) mass is 293 g/mol. The average molecular weight is 293 g/mol. The second-order valence-electron chi connectivity index (χ2n) is 5.41. The number of methoxy groups -OCH3 is 1. The van der Waals surface area contributed by atoms with Crippen molar-refractivity contribution in [2.45, 2.75) is 26.7 Å². The molecular formula is C16H23NO4. The van der Waals surface area contributed by atoms with Crippen LogP contribution in [0.2, 0.25) is 0 Å². The SMILES string of the molecule is COc1cccc(CCC(=O)N(CC(=O)O)CC(C)C)c1. The Morgan fingerprint density at radius 2 is 2.05 bits per heavy atom. The summed E-state index contributed by atoms with van der Waals surface area (Å²) in [6.45, 7) is 4.15. The van der Waals surface area contributed by atoms with Crippen LogP contribution in [0, 0.1) is 5.92 Å². The first-order valence-corrected chi connectivity index (χ1v) is 7.05. The van der Waals surface area contributed by atoms with Crippen LogP contribution in [-0.4, -0.2) is 42.1 Å². The summed E-state index contributed by atoms with van der Waals surface area (Å²) >= 11 is 0. The van der Waals surface area contributed by atoms with E-state index < -0.39 is 5.97 Å². The summed E-state index contributed by atoms with van der Waals surface area (Å²) < 4.78 is 5.14. The van der Waals surface area contributed by atoms with Crippen molar-refractivity contribution in [3.63, 3.8) is 0 Å². The number of amides is 1. The molecule has 116 valence electrons. The zero-order chi connectivity index (χ0) is 15.8. The van der Waals surface area contributed by atoms with E-state index in [0.717, 1.165) is 11.3 Å². The lowest BCUT2D eigenvalue weighted by molar-refractivity contribution is -0.144. The van der Waals surface area contributed by atoms with Gasteiger partial charge in [-0.25, -0.2) is 0 Å². The number of hydrogen-bond donors (Lipinski definition) is 1. The van der Waals surface area contributed by atoms with Crippen molar-refractivity contribution in [2.75, 3.05) is 20.2 Å². The normalized spacial score (nSPS) is 10.5. The zero-order valence-corrected chi connectivity index (χ0v) is 12.8. The Hall–Kier alpha value is -2.04. The Morgan fingerprint density at radius 1 is 1.33 bits per heavy atom. The van der Waals surface area contributed by atoms with E-state index in [1.807, 2.05) is 38.1 Å². The first-order valence-electron chi connectivity index (χ1n) is 7.05. The molecule has 0 bridgehead atoms. The van der Waals surface area contributed by atoms with Crippen LogP contribution in [0.15, 0.2) is 24.3 Å². The third-order valence-corrected chi connectivity index (χ3v) is 3.03. The largest absolute Gasteiger partial charge is 0.497 e. The number of carboxylic acid groups (broad SMARTS) is 1. The second-order valence-corrected chi connectivity index (χ2v) is 5.41. The van der Waals surface area contributed by atoms with Crippen molar-refractivity contribution in [3.05, 3.63) is 29.8 Å². The molecule has 1 rings (SSSR count). The van der Waals surface area contributed by atoms with E-state index in [1.54, 1.807) is 7.11 Å². The number of ether oxygens (including phenoxy) is 1. The van der Waals surface area contributed by atoms with E-state index in [9.17, 15) is 9.59 Å². The molecule has 1 N–H and O–H groups in total. The maximum Gasteiger partial charge on any atom is 0.323 e. The summed E-state index contributed by atoms with van der Waals surface area (Å²) in [6, 6.07) is 7.54. The molecule has 1 aromatic rings. The number of benzene rings is 1. The minimum absolute atomic E-state index is 0.131. The Balaban J connectivity index is 2.61. The molecular weight excluding hydrogens is 270 g/mol. The van der Waals surface area contributed by atoms with E-state index in [0.29, 0.717) is 19.4 Å². The number of aliphatic carboxylic acids is 1. The number of hydrogen-bond acceptors (Lipinski definition) is 3. The molecule has 0 aliphatic rings. The summed E-state index contributed by atoms with van der Waals surface area (Å²) in [5.74, 6) is -0.117. The van der Waals surface area contributed by atoms with Crippen molar-refractivity contribution in [2.24, 2.45) is 5.92 Å². The number of aryl methyl sites for hydroxylation is 1. The van der Waals surface area contributed by atoms with Gasteiger partial charge in [0.05, 0.1) is 7.11 Å². The molecule has 0 saturated heterocycles. The lowest BCUT2D eigenvalue weighted by Gasteiger charge is -2.22. The van der Waals surface area contributed by atoms with Gasteiger partial charge in [0.25, 0.3) is 0 Å². The number of nitrogens with zero attached hydrogens (tertiary/aromatic N) is 1. The first kappa shape index (κ1) is 17.0. The fraction of sp³-hybridized carbons (Fsp3) is 0.500. The van der Waals surface area contributed by atoms with Crippen LogP contribution in [0.4, 0.5) is 0 Å².